The van der Waals surface area contributed by atoms with Crippen LogP contribution < -0.4 is 4.74 Å². The molecule has 0 amide bonds. The van der Waals surface area contributed by atoms with Crippen LogP contribution in [0.4, 0.5) is 0 Å². The molecule has 1 rings (SSSR count). The van der Waals surface area contributed by atoms with Crippen molar-refractivity contribution in [2.24, 2.45) is 5.92 Å². The molecule has 0 spiro atoms. The lowest BCUT2D eigenvalue weighted by atomic mass is 10.1. The molecule has 1 N–H and O–H groups in total. The molecule has 0 unspecified atom stereocenters. The van der Waals surface area contributed by atoms with Crippen LogP contribution >= 0.6 is 0 Å². The van der Waals surface area contributed by atoms with Crippen molar-refractivity contribution in [1.29, 1.82) is 0 Å². The van der Waals surface area contributed by atoms with Crippen molar-refractivity contribution in [3.8, 4) is 5.75 Å². The number of hydrogen-bond acceptors (Lipinski definition) is 2. The Morgan fingerprint density at radius 2 is 2.00 bits per heavy atom. The SMILES string of the molecule is CC(C)CCCOc1cccc([C@@H](C)O)c1. The van der Waals surface area contributed by atoms with Crippen LogP contribution in [0.3, 0.4) is 0 Å². The standard InChI is InChI=1S/C14H22O2/c1-11(2)6-5-9-16-14-8-4-7-13(10-14)12(3)15/h4,7-8,10-12,15H,5-6,9H2,1-3H3/t12-/m1/s1. The van der Waals surface area contributed by atoms with E-state index in [1.807, 2.05) is 24.3 Å². The van der Waals surface area contributed by atoms with Gasteiger partial charge in [-0.05, 0) is 43.4 Å². The Morgan fingerprint density at radius 1 is 1.25 bits per heavy atom. The van der Waals surface area contributed by atoms with Crippen LogP contribution in [0.5, 0.6) is 5.75 Å². The third-order valence-corrected chi connectivity index (χ3v) is 2.54. The second-order valence-electron chi connectivity index (χ2n) is 4.63. The summed E-state index contributed by atoms with van der Waals surface area (Å²) >= 11 is 0. The van der Waals surface area contributed by atoms with E-state index in [4.69, 9.17) is 4.74 Å². The minimum atomic E-state index is -0.431. The van der Waals surface area contributed by atoms with Crippen molar-refractivity contribution >= 4 is 0 Å². The summed E-state index contributed by atoms with van der Waals surface area (Å²) in [6.07, 6.45) is 1.84. The van der Waals surface area contributed by atoms with Gasteiger partial charge in [0.2, 0.25) is 0 Å². The zero-order valence-corrected chi connectivity index (χ0v) is 10.4. The average Bonchev–Trinajstić information content (AvgIpc) is 2.24. The third-order valence-electron chi connectivity index (χ3n) is 2.54. The number of aliphatic hydroxyl groups excluding tert-OH is 1. The lowest BCUT2D eigenvalue weighted by molar-refractivity contribution is 0.198. The lowest BCUT2D eigenvalue weighted by Gasteiger charge is -2.10. The van der Waals surface area contributed by atoms with Crippen molar-refractivity contribution in [1.82, 2.24) is 0 Å². The summed E-state index contributed by atoms with van der Waals surface area (Å²) in [5, 5.41) is 9.44. The number of hydrogen-bond donors (Lipinski definition) is 1. The first-order valence-corrected chi connectivity index (χ1v) is 6.00. The molecular weight excluding hydrogens is 200 g/mol. The topological polar surface area (TPSA) is 29.5 Å². The van der Waals surface area contributed by atoms with Crippen LogP contribution in [0.2, 0.25) is 0 Å². The highest BCUT2D eigenvalue weighted by Gasteiger charge is 2.02. The molecule has 2 heteroatoms. The molecule has 0 fully saturated rings. The second-order valence-corrected chi connectivity index (χ2v) is 4.63. The highest BCUT2D eigenvalue weighted by atomic mass is 16.5. The Balaban J connectivity index is 2.39. The normalized spacial score (nSPS) is 12.8. The molecule has 0 saturated heterocycles. The van der Waals surface area contributed by atoms with E-state index in [9.17, 15) is 5.11 Å². The first kappa shape index (κ1) is 13.0. The summed E-state index contributed by atoms with van der Waals surface area (Å²) < 4.78 is 5.64. The Bertz CT molecular complexity index is 305. The molecule has 0 bridgehead atoms. The molecule has 0 aliphatic heterocycles. The molecule has 1 atom stereocenters. The summed E-state index contributed by atoms with van der Waals surface area (Å²) in [5.41, 5.74) is 0.904. The maximum Gasteiger partial charge on any atom is 0.119 e. The van der Waals surface area contributed by atoms with Gasteiger partial charge in [-0.3, -0.25) is 0 Å². The van der Waals surface area contributed by atoms with Gasteiger partial charge in [0.25, 0.3) is 0 Å². The molecule has 90 valence electrons. The fourth-order valence-electron chi connectivity index (χ4n) is 1.55. The van der Waals surface area contributed by atoms with Crippen LogP contribution in [0, 0.1) is 5.92 Å². The van der Waals surface area contributed by atoms with Gasteiger partial charge in [-0.25, -0.2) is 0 Å². The molecule has 0 aliphatic rings. The van der Waals surface area contributed by atoms with Gasteiger partial charge in [-0.1, -0.05) is 26.0 Å². The number of aliphatic hydroxyl groups is 1. The highest BCUT2D eigenvalue weighted by Crippen LogP contribution is 2.19. The van der Waals surface area contributed by atoms with Gasteiger partial charge in [0, 0.05) is 0 Å². The summed E-state index contributed by atoms with van der Waals surface area (Å²) in [5.74, 6) is 1.58. The molecule has 0 saturated carbocycles. The fraction of sp³-hybridized carbons (Fsp3) is 0.571. The Labute approximate surface area is 98.3 Å². The average molecular weight is 222 g/mol. The van der Waals surface area contributed by atoms with E-state index in [-0.39, 0.29) is 0 Å². The van der Waals surface area contributed by atoms with E-state index in [1.54, 1.807) is 6.92 Å². The zero-order valence-electron chi connectivity index (χ0n) is 10.4. The van der Waals surface area contributed by atoms with E-state index in [2.05, 4.69) is 13.8 Å². The van der Waals surface area contributed by atoms with Crippen LogP contribution in [-0.2, 0) is 0 Å². The fourth-order valence-corrected chi connectivity index (χ4v) is 1.55. The first-order valence-electron chi connectivity index (χ1n) is 6.00. The van der Waals surface area contributed by atoms with Gasteiger partial charge in [-0.15, -0.1) is 0 Å². The predicted molar refractivity (Wildman–Crippen MR) is 66.6 cm³/mol. The van der Waals surface area contributed by atoms with E-state index in [0.29, 0.717) is 0 Å². The summed E-state index contributed by atoms with van der Waals surface area (Å²) in [6, 6.07) is 7.66. The van der Waals surface area contributed by atoms with Gasteiger partial charge in [0.15, 0.2) is 0 Å². The van der Waals surface area contributed by atoms with E-state index >= 15 is 0 Å². The summed E-state index contributed by atoms with van der Waals surface area (Å²) in [6.45, 7) is 6.95. The first-order chi connectivity index (χ1) is 7.59. The molecule has 0 radical (unpaired) electrons. The largest absolute Gasteiger partial charge is 0.494 e. The molecule has 16 heavy (non-hydrogen) atoms. The van der Waals surface area contributed by atoms with Gasteiger partial charge < -0.3 is 9.84 Å². The zero-order chi connectivity index (χ0) is 12.0. The smallest absolute Gasteiger partial charge is 0.119 e. The Kier molecular flexibility index (Phi) is 5.33. The van der Waals surface area contributed by atoms with Gasteiger partial charge in [0.05, 0.1) is 12.7 Å². The van der Waals surface area contributed by atoms with Crippen molar-refractivity contribution < 1.29 is 9.84 Å². The number of rotatable bonds is 6. The minimum Gasteiger partial charge on any atom is -0.494 e. The van der Waals surface area contributed by atoms with Gasteiger partial charge >= 0.3 is 0 Å². The second kappa shape index (κ2) is 6.54. The third kappa shape index (κ3) is 4.67. The number of ether oxygens (including phenoxy) is 1. The molecule has 0 aromatic heterocycles. The summed E-state index contributed by atoms with van der Waals surface area (Å²) in [4.78, 5) is 0. The van der Waals surface area contributed by atoms with Crippen LogP contribution in [-0.4, -0.2) is 11.7 Å². The van der Waals surface area contributed by atoms with Crippen LogP contribution in [0.15, 0.2) is 24.3 Å². The molecular formula is C14H22O2. The molecule has 1 aromatic carbocycles. The van der Waals surface area contributed by atoms with Gasteiger partial charge in [-0.2, -0.15) is 0 Å². The quantitative estimate of drug-likeness (QED) is 0.746. The highest BCUT2D eigenvalue weighted by molar-refractivity contribution is 5.29. The van der Waals surface area contributed by atoms with Crippen molar-refractivity contribution in [2.45, 2.75) is 39.7 Å². The monoisotopic (exact) mass is 222 g/mol. The van der Waals surface area contributed by atoms with Gasteiger partial charge in [0.1, 0.15) is 5.75 Å². The molecule has 0 heterocycles. The van der Waals surface area contributed by atoms with Crippen LogP contribution in [0.1, 0.15) is 45.3 Å². The van der Waals surface area contributed by atoms with Crippen LogP contribution in [0.25, 0.3) is 0 Å². The Morgan fingerprint density at radius 3 is 2.62 bits per heavy atom. The molecule has 2 nitrogen and oxygen atoms in total. The van der Waals surface area contributed by atoms with E-state index in [1.165, 1.54) is 6.42 Å². The number of benzene rings is 1. The van der Waals surface area contributed by atoms with Crippen molar-refractivity contribution in [2.75, 3.05) is 6.61 Å². The lowest BCUT2D eigenvalue weighted by Crippen LogP contribution is -2.00. The summed E-state index contributed by atoms with van der Waals surface area (Å²) in [7, 11) is 0. The molecule has 0 aliphatic carbocycles. The van der Waals surface area contributed by atoms with Crippen molar-refractivity contribution in [3.63, 3.8) is 0 Å². The maximum absolute atomic E-state index is 9.44. The van der Waals surface area contributed by atoms with Crippen molar-refractivity contribution in [3.05, 3.63) is 29.8 Å². The maximum atomic E-state index is 9.44. The van der Waals surface area contributed by atoms with E-state index < -0.39 is 6.10 Å². The minimum absolute atomic E-state index is 0.431. The predicted octanol–water partition coefficient (Wildman–Crippen LogP) is 3.55. The Hall–Kier alpha value is -1.02. The van der Waals surface area contributed by atoms with E-state index in [0.717, 1.165) is 30.3 Å². The molecule has 1 aromatic rings.